The zero-order valence-electron chi connectivity index (χ0n) is 11.1. The lowest BCUT2D eigenvalue weighted by Crippen LogP contribution is -2.07. The first-order valence-corrected chi connectivity index (χ1v) is 7.78. The summed E-state index contributed by atoms with van der Waals surface area (Å²) in [6, 6.07) is 12.4. The summed E-state index contributed by atoms with van der Waals surface area (Å²) in [7, 11) is 0. The molecule has 1 N–H and O–H groups in total. The molecule has 4 heteroatoms. The second-order valence-electron chi connectivity index (χ2n) is 4.95. The van der Waals surface area contributed by atoms with Gasteiger partial charge in [0, 0.05) is 27.6 Å². The van der Waals surface area contributed by atoms with Gasteiger partial charge >= 0.3 is 0 Å². The molecule has 0 saturated carbocycles. The monoisotopic (exact) mass is 351 g/mol. The van der Waals surface area contributed by atoms with Gasteiger partial charge in [-0.15, -0.1) is 0 Å². The van der Waals surface area contributed by atoms with Crippen LogP contribution in [0.3, 0.4) is 0 Å². The van der Waals surface area contributed by atoms with Gasteiger partial charge in [0.1, 0.15) is 5.75 Å². The van der Waals surface area contributed by atoms with Gasteiger partial charge in [-0.05, 0) is 48.4 Å². The van der Waals surface area contributed by atoms with Crippen molar-refractivity contribution in [3.63, 3.8) is 0 Å². The molecule has 1 atom stereocenters. The molecule has 104 valence electrons. The first-order chi connectivity index (χ1) is 9.63. The number of anilines is 1. The molecule has 1 unspecified atom stereocenters. The van der Waals surface area contributed by atoms with Gasteiger partial charge in [-0.1, -0.05) is 33.6 Å². The zero-order chi connectivity index (χ0) is 14.1. The van der Waals surface area contributed by atoms with Crippen molar-refractivity contribution in [3.8, 4) is 5.75 Å². The smallest absolute Gasteiger partial charge is 0.122 e. The number of hydrogen-bond donors (Lipinski definition) is 1. The first-order valence-electron chi connectivity index (χ1n) is 6.61. The van der Waals surface area contributed by atoms with Crippen molar-refractivity contribution in [1.82, 2.24) is 0 Å². The molecule has 1 aliphatic rings. The topological polar surface area (TPSA) is 21.3 Å². The summed E-state index contributed by atoms with van der Waals surface area (Å²) < 4.78 is 6.51. The molecule has 0 aromatic heterocycles. The van der Waals surface area contributed by atoms with Crippen molar-refractivity contribution in [2.45, 2.75) is 19.4 Å². The van der Waals surface area contributed by atoms with Crippen LogP contribution in [0.4, 0.5) is 5.69 Å². The highest BCUT2D eigenvalue weighted by Gasteiger charge is 2.14. The van der Waals surface area contributed by atoms with Gasteiger partial charge in [0.05, 0.1) is 6.61 Å². The molecule has 2 aromatic carbocycles. The summed E-state index contributed by atoms with van der Waals surface area (Å²) in [6.07, 6.45) is 0.984. The zero-order valence-corrected chi connectivity index (χ0v) is 13.5. The molecule has 2 aromatic rings. The molecule has 1 heterocycles. The van der Waals surface area contributed by atoms with E-state index in [-0.39, 0.29) is 6.04 Å². The van der Waals surface area contributed by atoms with Gasteiger partial charge in [0.25, 0.3) is 0 Å². The second-order valence-corrected chi connectivity index (χ2v) is 6.28. The summed E-state index contributed by atoms with van der Waals surface area (Å²) in [6.45, 7) is 2.89. The molecule has 0 amide bonds. The van der Waals surface area contributed by atoms with Gasteiger partial charge in [0.15, 0.2) is 0 Å². The summed E-state index contributed by atoms with van der Waals surface area (Å²) in [5, 5.41) is 4.26. The maximum absolute atomic E-state index is 6.29. The Labute approximate surface area is 132 Å². The summed E-state index contributed by atoms with van der Waals surface area (Å²) in [4.78, 5) is 0. The number of rotatable bonds is 3. The minimum Gasteiger partial charge on any atom is -0.493 e. The van der Waals surface area contributed by atoms with Gasteiger partial charge in [-0.2, -0.15) is 0 Å². The van der Waals surface area contributed by atoms with Crippen molar-refractivity contribution in [2.24, 2.45) is 0 Å². The lowest BCUT2D eigenvalue weighted by Gasteiger charge is -2.17. The van der Waals surface area contributed by atoms with E-state index in [2.05, 4.69) is 34.2 Å². The molecule has 1 aliphatic heterocycles. The van der Waals surface area contributed by atoms with Crippen LogP contribution in [0.25, 0.3) is 0 Å². The highest BCUT2D eigenvalue weighted by Crippen LogP contribution is 2.31. The third kappa shape index (κ3) is 2.79. The largest absolute Gasteiger partial charge is 0.493 e. The van der Waals surface area contributed by atoms with Crippen molar-refractivity contribution >= 4 is 33.2 Å². The van der Waals surface area contributed by atoms with Crippen molar-refractivity contribution in [2.75, 3.05) is 11.9 Å². The lowest BCUT2D eigenvalue weighted by molar-refractivity contribution is 0.357. The standard InChI is InChI=1S/C16H15BrClNO/c1-10(14-4-2-12(17)9-15(14)18)19-13-3-5-16-11(8-13)6-7-20-16/h2-5,8-10,19H,6-7H2,1H3. The Bertz CT molecular complexity index is 644. The average molecular weight is 353 g/mol. The normalized spacial score (nSPS) is 14.6. The molecule has 3 rings (SSSR count). The van der Waals surface area contributed by atoms with E-state index in [4.69, 9.17) is 16.3 Å². The first kappa shape index (κ1) is 13.8. The third-order valence-corrected chi connectivity index (χ3v) is 4.32. The van der Waals surface area contributed by atoms with Crippen LogP contribution in [0.5, 0.6) is 5.75 Å². The van der Waals surface area contributed by atoms with E-state index in [0.29, 0.717) is 0 Å². The maximum Gasteiger partial charge on any atom is 0.122 e. The van der Waals surface area contributed by atoms with E-state index in [1.54, 1.807) is 0 Å². The molecule has 20 heavy (non-hydrogen) atoms. The summed E-state index contributed by atoms with van der Waals surface area (Å²) in [5.41, 5.74) is 3.46. The molecule has 0 bridgehead atoms. The Kier molecular flexibility index (Phi) is 3.90. The van der Waals surface area contributed by atoms with Crippen molar-refractivity contribution < 1.29 is 4.74 Å². The highest BCUT2D eigenvalue weighted by atomic mass is 79.9. The van der Waals surface area contributed by atoms with E-state index >= 15 is 0 Å². The Morgan fingerprint density at radius 2 is 2.10 bits per heavy atom. The van der Waals surface area contributed by atoms with Crippen LogP contribution in [0.15, 0.2) is 40.9 Å². The van der Waals surface area contributed by atoms with Crippen LogP contribution in [0.2, 0.25) is 5.02 Å². The molecular formula is C16H15BrClNO. The predicted octanol–water partition coefficient (Wildman–Crippen LogP) is 5.21. The van der Waals surface area contributed by atoms with E-state index < -0.39 is 0 Å². The van der Waals surface area contributed by atoms with Crippen LogP contribution in [0.1, 0.15) is 24.1 Å². The van der Waals surface area contributed by atoms with Crippen LogP contribution in [-0.2, 0) is 6.42 Å². The fourth-order valence-electron chi connectivity index (χ4n) is 2.46. The predicted molar refractivity (Wildman–Crippen MR) is 86.8 cm³/mol. The number of ether oxygens (including phenoxy) is 1. The number of halogens is 2. The molecule has 0 radical (unpaired) electrons. The van der Waals surface area contributed by atoms with E-state index in [0.717, 1.165) is 39.5 Å². The molecule has 0 spiro atoms. The minimum atomic E-state index is 0.149. The van der Waals surface area contributed by atoms with Crippen molar-refractivity contribution in [1.29, 1.82) is 0 Å². The Hall–Kier alpha value is -1.19. The van der Waals surface area contributed by atoms with Crippen LogP contribution in [-0.4, -0.2) is 6.61 Å². The second kappa shape index (κ2) is 5.66. The van der Waals surface area contributed by atoms with Gasteiger partial charge in [-0.25, -0.2) is 0 Å². The fourth-order valence-corrected chi connectivity index (χ4v) is 3.29. The third-order valence-electron chi connectivity index (χ3n) is 3.50. The lowest BCUT2D eigenvalue weighted by atomic mass is 10.1. The number of fused-ring (bicyclic) bond motifs is 1. The Morgan fingerprint density at radius 3 is 2.90 bits per heavy atom. The fraction of sp³-hybridized carbons (Fsp3) is 0.250. The quantitative estimate of drug-likeness (QED) is 0.818. The van der Waals surface area contributed by atoms with Gasteiger partial charge < -0.3 is 10.1 Å². The van der Waals surface area contributed by atoms with Crippen LogP contribution in [0, 0.1) is 0 Å². The Balaban J connectivity index is 1.80. The number of benzene rings is 2. The molecule has 2 nitrogen and oxygen atoms in total. The SMILES string of the molecule is CC(Nc1ccc2c(c1)CCO2)c1ccc(Br)cc1Cl. The number of hydrogen-bond acceptors (Lipinski definition) is 2. The van der Waals surface area contributed by atoms with Crippen LogP contribution < -0.4 is 10.1 Å². The van der Waals surface area contributed by atoms with Crippen molar-refractivity contribution in [3.05, 3.63) is 57.0 Å². The summed E-state index contributed by atoms with van der Waals surface area (Å²) in [5.74, 6) is 1.00. The van der Waals surface area contributed by atoms with E-state index in [9.17, 15) is 0 Å². The summed E-state index contributed by atoms with van der Waals surface area (Å²) >= 11 is 9.72. The Morgan fingerprint density at radius 1 is 1.25 bits per heavy atom. The molecule has 0 aliphatic carbocycles. The highest BCUT2D eigenvalue weighted by molar-refractivity contribution is 9.10. The minimum absolute atomic E-state index is 0.149. The average Bonchev–Trinajstić information content (AvgIpc) is 2.85. The molecule has 0 saturated heterocycles. The van der Waals surface area contributed by atoms with Crippen LogP contribution >= 0.6 is 27.5 Å². The molecule has 0 fully saturated rings. The van der Waals surface area contributed by atoms with E-state index in [1.807, 2.05) is 30.3 Å². The van der Waals surface area contributed by atoms with Gasteiger partial charge in [0.2, 0.25) is 0 Å². The van der Waals surface area contributed by atoms with Gasteiger partial charge in [-0.3, -0.25) is 0 Å². The number of nitrogens with one attached hydrogen (secondary N) is 1. The van der Waals surface area contributed by atoms with E-state index in [1.165, 1.54) is 5.56 Å². The maximum atomic E-state index is 6.29. The molecular weight excluding hydrogens is 338 g/mol.